The topological polar surface area (TPSA) is 40.5 Å². The Morgan fingerprint density at radius 3 is 2.75 bits per heavy atom. The van der Waals surface area contributed by atoms with Crippen LogP contribution in [0.25, 0.3) is 10.9 Å². The zero-order valence-electron chi connectivity index (χ0n) is 14.5. The average Bonchev–Trinajstić information content (AvgIpc) is 2.60. The van der Waals surface area contributed by atoms with E-state index in [1.165, 1.54) is 23.8 Å². The summed E-state index contributed by atoms with van der Waals surface area (Å²) in [6.07, 6.45) is 5.34. The molecule has 0 saturated carbocycles. The number of halogens is 1. The van der Waals surface area contributed by atoms with Crippen LogP contribution >= 0.6 is 24.0 Å². The van der Waals surface area contributed by atoms with E-state index in [2.05, 4.69) is 51.4 Å². The smallest absolute Gasteiger partial charge is 0.193 e. The minimum Gasteiger partial charge on any atom is -0.356 e. The van der Waals surface area contributed by atoms with Crippen LogP contribution in [0.4, 0.5) is 0 Å². The molecule has 1 N–H and O–H groups in total. The maximum atomic E-state index is 4.53. The lowest BCUT2D eigenvalue weighted by molar-refractivity contribution is 0.273. The van der Waals surface area contributed by atoms with E-state index in [0.717, 1.165) is 43.4 Å². The number of hydrogen-bond acceptors (Lipinski definition) is 2. The highest BCUT2D eigenvalue weighted by atomic mass is 127. The van der Waals surface area contributed by atoms with Gasteiger partial charge in [0.1, 0.15) is 0 Å². The third-order valence-corrected chi connectivity index (χ3v) is 4.69. The maximum Gasteiger partial charge on any atom is 0.193 e. The third kappa shape index (κ3) is 4.59. The highest BCUT2D eigenvalue weighted by molar-refractivity contribution is 14.0. The van der Waals surface area contributed by atoms with Gasteiger partial charge in [0.2, 0.25) is 0 Å². The van der Waals surface area contributed by atoms with E-state index in [9.17, 15) is 0 Å². The number of hydrogen-bond donors (Lipinski definition) is 1. The van der Waals surface area contributed by atoms with E-state index >= 15 is 0 Å². The van der Waals surface area contributed by atoms with E-state index in [0.29, 0.717) is 0 Å². The number of fused-ring (bicyclic) bond motifs is 1. The van der Waals surface area contributed by atoms with Crippen molar-refractivity contribution in [3.63, 3.8) is 0 Å². The second-order valence-electron chi connectivity index (χ2n) is 6.39. The molecule has 130 valence electrons. The number of benzene rings is 1. The van der Waals surface area contributed by atoms with Crippen LogP contribution in [0.15, 0.2) is 41.5 Å². The van der Waals surface area contributed by atoms with E-state index in [1.807, 2.05) is 19.3 Å². The fraction of sp³-hybridized carbons (Fsp3) is 0.474. The summed E-state index contributed by atoms with van der Waals surface area (Å²) in [5, 5.41) is 4.72. The van der Waals surface area contributed by atoms with Crippen LogP contribution in [0, 0.1) is 5.92 Å². The number of nitrogens with zero attached hydrogens (tertiary/aromatic N) is 3. The summed E-state index contributed by atoms with van der Waals surface area (Å²) >= 11 is 0. The first kappa shape index (κ1) is 19.0. The number of likely N-dealkylation sites (tertiary alicyclic amines) is 1. The van der Waals surface area contributed by atoms with Gasteiger partial charge >= 0.3 is 0 Å². The predicted molar refractivity (Wildman–Crippen MR) is 112 cm³/mol. The van der Waals surface area contributed by atoms with E-state index in [-0.39, 0.29) is 24.0 Å². The Bertz CT molecular complexity index is 673. The molecule has 2 aromatic rings. The Morgan fingerprint density at radius 2 is 2.00 bits per heavy atom. The molecule has 1 saturated heterocycles. The van der Waals surface area contributed by atoms with Crippen molar-refractivity contribution in [2.45, 2.75) is 26.2 Å². The number of pyridine rings is 1. The minimum atomic E-state index is 0. The third-order valence-electron chi connectivity index (χ3n) is 4.69. The molecule has 0 radical (unpaired) electrons. The van der Waals surface area contributed by atoms with Gasteiger partial charge in [-0.3, -0.25) is 9.98 Å². The number of aromatic nitrogens is 1. The van der Waals surface area contributed by atoms with Gasteiger partial charge in [-0.25, -0.2) is 0 Å². The maximum absolute atomic E-state index is 4.53. The Labute approximate surface area is 161 Å². The Morgan fingerprint density at radius 1 is 1.25 bits per heavy atom. The fourth-order valence-electron chi connectivity index (χ4n) is 3.23. The van der Waals surface area contributed by atoms with Gasteiger partial charge in [-0.2, -0.15) is 0 Å². The van der Waals surface area contributed by atoms with Gasteiger partial charge < -0.3 is 10.2 Å². The predicted octanol–water partition coefficient (Wildman–Crippen LogP) is 3.70. The first-order valence-corrected chi connectivity index (χ1v) is 8.56. The van der Waals surface area contributed by atoms with Gasteiger partial charge in [0.15, 0.2) is 5.96 Å². The van der Waals surface area contributed by atoms with E-state index in [1.54, 1.807) is 0 Å². The molecule has 1 fully saturated rings. The molecule has 4 nitrogen and oxygen atoms in total. The van der Waals surface area contributed by atoms with E-state index < -0.39 is 0 Å². The monoisotopic (exact) mass is 438 g/mol. The van der Waals surface area contributed by atoms with Crippen molar-refractivity contribution in [2.24, 2.45) is 10.9 Å². The average molecular weight is 438 g/mol. The molecule has 0 unspecified atom stereocenters. The summed E-state index contributed by atoms with van der Waals surface area (Å²) in [6, 6.07) is 10.5. The fourth-order valence-corrected chi connectivity index (χ4v) is 3.23. The molecule has 1 aromatic carbocycles. The first-order valence-electron chi connectivity index (χ1n) is 8.56. The van der Waals surface area contributed by atoms with Crippen molar-refractivity contribution in [2.75, 3.05) is 26.7 Å². The van der Waals surface area contributed by atoms with Gasteiger partial charge in [0.25, 0.3) is 0 Å². The first-order chi connectivity index (χ1) is 11.3. The lowest BCUT2D eigenvalue weighted by atomic mass is 9.99. The van der Waals surface area contributed by atoms with Crippen molar-refractivity contribution in [3.05, 3.63) is 42.1 Å². The van der Waals surface area contributed by atoms with Gasteiger partial charge in [-0.05, 0) is 36.8 Å². The number of piperidine rings is 1. The zero-order chi connectivity index (χ0) is 16.1. The quantitative estimate of drug-likeness (QED) is 0.452. The molecule has 1 aliphatic heterocycles. The van der Waals surface area contributed by atoms with Crippen LogP contribution in [-0.2, 0) is 6.42 Å². The normalized spacial score (nSPS) is 16.1. The Hall–Kier alpha value is -1.37. The molecule has 1 aromatic heterocycles. The molecule has 0 spiro atoms. The van der Waals surface area contributed by atoms with Gasteiger partial charge in [-0.1, -0.05) is 31.2 Å². The molecular weight excluding hydrogens is 411 g/mol. The summed E-state index contributed by atoms with van der Waals surface area (Å²) in [6.45, 7) is 5.43. The SMILES string of the molecule is CN=C(NCCc1cccc2cccnc12)N1CCC(C)CC1.I. The van der Waals surface area contributed by atoms with E-state index in [4.69, 9.17) is 0 Å². The summed E-state index contributed by atoms with van der Waals surface area (Å²) in [7, 11) is 1.87. The summed E-state index contributed by atoms with van der Waals surface area (Å²) in [5.41, 5.74) is 2.40. The Balaban J connectivity index is 0.00000208. The summed E-state index contributed by atoms with van der Waals surface area (Å²) < 4.78 is 0. The number of guanidine groups is 1. The molecule has 5 heteroatoms. The highest BCUT2D eigenvalue weighted by Crippen LogP contribution is 2.17. The van der Waals surface area contributed by atoms with Crippen molar-refractivity contribution in [1.82, 2.24) is 15.2 Å². The van der Waals surface area contributed by atoms with Crippen molar-refractivity contribution in [1.29, 1.82) is 0 Å². The summed E-state index contributed by atoms with van der Waals surface area (Å²) in [4.78, 5) is 11.4. The van der Waals surface area contributed by atoms with Gasteiger partial charge in [-0.15, -0.1) is 24.0 Å². The van der Waals surface area contributed by atoms with Crippen molar-refractivity contribution < 1.29 is 0 Å². The molecular formula is C19H27IN4. The zero-order valence-corrected chi connectivity index (χ0v) is 16.9. The molecule has 0 bridgehead atoms. The summed E-state index contributed by atoms with van der Waals surface area (Å²) in [5.74, 6) is 1.87. The standard InChI is InChI=1S/C19H26N4.HI/c1-15-9-13-23(14-10-15)19(20-2)22-12-8-17-6-3-5-16-7-4-11-21-18(16)17;/h3-7,11,15H,8-10,12-14H2,1-2H3,(H,20,22);1H. The number of nitrogens with one attached hydrogen (secondary N) is 1. The van der Waals surface area contributed by atoms with Gasteiger partial charge in [0, 0.05) is 38.3 Å². The number of aliphatic imine (C=N–C) groups is 1. The molecule has 2 heterocycles. The van der Waals surface area contributed by atoms with Crippen molar-refractivity contribution >= 4 is 40.8 Å². The number of rotatable bonds is 3. The minimum absolute atomic E-state index is 0. The lowest BCUT2D eigenvalue weighted by Gasteiger charge is -2.32. The van der Waals surface area contributed by atoms with Crippen LogP contribution in [-0.4, -0.2) is 42.5 Å². The van der Waals surface area contributed by atoms with Crippen molar-refractivity contribution in [3.8, 4) is 0 Å². The number of para-hydroxylation sites is 1. The van der Waals surface area contributed by atoms with Crippen LogP contribution in [0.5, 0.6) is 0 Å². The Kier molecular flexibility index (Phi) is 7.27. The molecule has 0 atom stereocenters. The van der Waals surface area contributed by atoms with Gasteiger partial charge in [0.05, 0.1) is 5.52 Å². The second kappa shape index (κ2) is 9.20. The largest absolute Gasteiger partial charge is 0.356 e. The second-order valence-corrected chi connectivity index (χ2v) is 6.39. The van der Waals surface area contributed by atoms with Crippen LogP contribution in [0.3, 0.4) is 0 Å². The molecule has 0 aliphatic carbocycles. The van der Waals surface area contributed by atoms with Crippen LogP contribution < -0.4 is 5.32 Å². The van der Waals surface area contributed by atoms with Crippen LogP contribution in [0.2, 0.25) is 0 Å². The molecule has 24 heavy (non-hydrogen) atoms. The molecule has 3 rings (SSSR count). The molecule has 0 amide bonds. The highest BCUT2D eigenvalue weighted by Gasteiger charge is 2.18. The lowest BCUT2D eigenvalue weighted by Crippen LogP contribution is -2.45. The molecule has 1 aliphatic rings. The van der Waals surface area contributed by atoms with Crippen LogP contribution in [0.1, 0.15) is 25.3 Å².